The number of aromatic nitrogens is 1. The van der Waals surface area contributed by atoms with Crippen molar-refractivity contribution >= 4 is 39.8 Å². The Balaban J connectivity index is 1.94. The zero-order chi connectivity index (χ0) is 15.0. The number of rotatable bonds is 2. The van der Waals surface area contributed by atoms with E-state index in [0.717, 1.165) is 17.0 Å². The van der Waals surface area contributed by atoms with Crippen LogP contribution in [0, 0.1) is 5.82 Å². The number of H-pyrrole nitrogens is 1. The number of amides is 1. The number of carbonyl (C=O) groups is 1. The molecule has 1 heterocycles. The van der Waals surface area contributed by atoms with E-state index in [1.54, 1.807) is 24.4 Å². The first-order valence-corrected chi connectivity index (χ1v) is 6.55. The number of nitrogen functional groups attached to an aromatic ring is 1. The van der Waals surface area contributed by atoms with Gasteiger partial charge in [0.15, 0.2) is 0 Å². The Morgan fingerprint density at radius 1 is 1.24 bits per heavy atom. The number of benzene rings is 2. The van der Waals surface area contributed by atoms with Gasteiger partial charge in [-0.2, -0.15) is 0 Å². The lowest BCUT2D eigenvalue weighted by Gasteiger charge is -2.06. The molecule has 4 nitrogen and oxygen atoms in total. The van der Waals surface area contributed by atoms with Crippen molar-refractivity contribution in [1.29, 1.82) is 0 Å². The maximum atomic E-state index is 13.7. The number of nitrogens with two attached hydrogens (primary N) is 1. The Hall–Kier alpha value is -2.53. The van der Waals surface area contributed by atoms with Crippen LogP contribution in [0.25, 0.3) is 10.9 Å². The number of aromatic amines is 1. The van der Waals surface area contributed by atoms with Crippen LogP contribution in [0.4, 0.5) is 15.8 Å². The maximum absolute atomic E-state index is 13.7. The summed E-state index contributed by atoms with van der Waals surface area (Å²) < 4.78 is 13.7. The second-order valence-electron chi connectivity index (χ2n) is 4.59. The van der Waals surface area contributed by atoms with Gasteiger partial charge in [0, 0.05) is 27.8 Å². The molecule has 0 radical (unpaired) electrons. The van der Waals surface area contributed by atoms with Gasteiger partial charge in [-0.3, -0.25) is 4.79 Å². The van der Waals surface area contributed by atoms with E-state index in [1.165, 1.54) is 12.1 Å². The fraction of sp³-hybridized carbons (Fsp3) is 0. The van der Waals surface area contributed by atoms with E-state index in [4.69, 9.17) is 17.3 Å². The molecule has 3 rings (SSSR count). The molecule has 0 spiro atoms. The SMILES string of the molecule is Nc1ccc2c(C(=O)Nc3ccc(Cl)cc3F)c[nH]c2c1. The minimum Gasteiger partial charge on any atom is -0.399 e. The van der Waals surface area contributed by atoms with Crippen LogP contribution in [0.1, 0.15) is 10.4 Å². The summed E-state index contributed by atoms with van der Waals surface area (Å²) in [6, 6.07) is 9.25. The lowest BCUT2D eigenvalue weighted by atomic mass is 10.1. The zero-order valence-corrected chi connectivity index (χ0v) is 11.5. The van der Waals surface area contributed by atoms with E-state index < -0.39 is 11.7 Å². The fourth-order valence-electron chi connectivity index (χ4n) is 2.11. The molecular formula is C15H11ClFN3O. The topological polar surface area (TPSA) is 70.9 Å². The lowest BCUT2D eigenvalue weighted by molar-refractivity contribution is 0.102. The third kappa shape index (κ3) is 2.55. The number of halogens is 2. The molecule has 106 valence electrons. The molecule has 1 aromatic heterocycles. The molecule has 1 amide bonds. The van der Waals surface area contributed by atoms with Crippen LogP contribution in [0.15, 0.2) is 42.6 Å². The number of hydrogen-bond donors (Lipinski definition) is 3. The third-order valence-corrected chi connectivity index (χ3v) is 3.36. The van der Waals surface area contributed by atoms with Crippen molar-refractivity contribution in [3.63, 3.8) is 0 Å². The highest BCUT2D eigenvalue weighted by atomic mass is 35.5. The van der Waals surface area contributed by atoms with Gasteiger partial charge in [0.05, 0.1) is 11.3 Å². The van der Waals surface area contributed by atoms with Crippen LogP contribution < -0.4 is 11.1 Å². The third-order valence-electron chi connectivity index (χ3n) is 3.13. The summed E-state index contributed by atoms with van der Waals surface area (Å²) in [6.45, 7) is 0. The summed E-state index contributed by atoms with van der Waals surface area (Å²) >= 11 is 5.68. The van der Waals surface area contributed by atoms with Gasteiger partial charge in [-0.05, 0) is 36.4 Å². The first-order valence-electron chi connectivity index (χ1n) is 6.17. The summed E-state index contributed by atoms with van der Waals surface area (Å²) in [5.41, 5.74) is 7.52. The standard InChI is InChI=1S/C15H11ClFN3O/c16-8-1-4-13(12(17)5-8)20-15(21)11-7-19-14-6-9(18)2-3-10(11)14/h1-7,19H,18H2,(H,20,21). The highest BCUT2D eigenvalue weighted by Gasteiger charge is 2.14. The Bertz CT molecular complexity index is 844. The van der Waals surface area contributed by atoms with Crippen molar-refractivity contribution in [1.82, 2.24) is 4.98 Å². The minimum absolute atomic E-state index is 0.0780. The van der Waals surface area contributed by atoms with Crippen LogP contribution >= 0.6 is 11.6 Å². The van der Waals surface area contributed by atoms with Gasteiger partial charge in [0.25, 0.3) is 5.91 Å². The van der Waals surface area contributed by atoms with Crippen molar-refractivity contribution in [3.05, 3.63) is 59.0 Å². The number of hydrogen-bond acceptors (Lipinski definition) is 2. The van der Waals surface area contributed by atoms with Crippen LogP contribution in [0.3, 0.4) is 0 Å². The van der Waals surface area contributed by atoms with Gasteiger partial charge in [0.2, 0.25) is 0 Å². The number of nitrogens with one attached hydrogen (secondary N) is 2. The van der Waals surface area contributed by atoms with Crippen LogP contribution in [-0.4, -0.2) is 10.9 Å². The molecule has 0 saturated heterocycles. The van der Waals surface area contributed by atoms with Gasteiger partial charge < -0.3 is 16.0 Å². The maximum Gasteiger partial charge on any atom is 0.257 e. The average Bonchev–Trinajstić information content (AvgIpc) is 2.84. The molecule has 4 N–H and O–H groups in total. The molecule has 0 atom stereocenters. The molecule has 0 bridgehead atoms. The molecule has 0 fully saturated rings. The molecule has 3 aromatic rings. The zero-order valence-electron chi connectivity index (χ0n) is 10.8. The predicted octanol–water partition coefficient (Wildman–Crippen LogP) is 3.79. The van der Waals surface area contributed by atoms with Crippen molar-refractivity contribution in [2.45, 2.75) is 0 Å². The van der Waals surface area contributed by atoms with Gasteiger partial charge in [0.1, 0.15) is 5.82 Å². The van der Waals surface area contributed by atoms with Crippen LogP contribution in [0.2, 0.25) is 5.02 Å². The highest BCUT2D eigenvalue weighted by Crippen LogP contribution is 2.23. The van der Waals surface area contributed by atoms with E-state index in [0.29, 0.717) is 11.3 Å². The minimum atomic E-state index is -0.583. The van der Waals surface area contributed by atoms with E-state index in [9.17, 15) is 9.18 Å². The van der Waals surface area contributed by atoms with Crippen molar-refractivity contribution in [2.75, 3.05) is 11.1 Å². The first kappa shape index (κ1) is 13.5. The predicted molar refractivity (Wildman–Crippen MR) is 82.1 cm³/mol. The quantitative estimate of drug-likeness (QED) is 0.630. The van der Waals surface area contributed by atoms with Gasteiger partial charge in [-0.25, -0.2) is 4.39 Å². The van der Waals surface area contributed by atoms with Gasteiger partial charge in [-0.15, -0.1) is 0 Å². The molecule has 6 heteroatoms. The summed E-state index contributed by atoms with van der Waals surface area (Å²) in [5.74, 6) is -0.993. The Kier molecular flexibility index (Phi) is 3.27. The lowest BCUT2D eigenvalue weighted by Crippen LogP contribution is -2.12. The smallest absolute Gasteiger partial charge is 0.257 e. The molecule has 0 aliphatic carbocycles. The fourth-order valence-corrected chi connectivity index (χ4v) is 2.27. The molecule has 0 unspecified atom stereocenters. The Morgan fingerprint density at radius 3 is 2.81 bits per heavy atom. The van der Waals surface area contributed by atoms with Crippen molar-refractivity contribution in [2.24, 2.45) is 0 Å². The molecule has 2 aromatic carbocycles. The normalized spacial score (nSPS) is 10.8. The van der Waals surface area contributed by atoms with E-state index in [1.807, 2.05) is 0 Å². The molecule has 0 saturated carbocycles. The monoisotopic (exact) mass is 303 g/mol. The number of anilines is 2. The average molecular weight is 304 g/mol. The van der Waals surface area contributed by atoms with Crippen LogP contribution in [0.5, 0.6) is 0 Å². The van der Waals surface area contributed by atoms with Gasteiger partial charge in [-0.1, -0.05) is 11.6 Å². The summed E-state index contributed by atoms with van der Waals surface area (Å²) in [6.07, 6.45) is 1.56. The Labute approximate surface area is 124 Å². The summed E-state index contributed by atoms with van der Waals surface area (Å²) in [7, 11) is 0. The largest absolute Gasteiger partial charge is 0.399 e. The Morgan fingerprint density at radius 2 is 2.05 bits per heavy atom. The highest BCUT2D eigenvalue weighted by molar-refractivity contribution is 6.30. The second kappa shape index (κ2) is 5.10. The summed E-state index contributed by atoms with van der Waals surface area (Å²) in [5, 5.41) is 3.51. The number of carbonyl (C=O) groups excluding carboxylic acids is 1. The second-order valence-corrected chi connectivity index (χ2v) is 5.02. The molecule has 0 aliphatic heterocycles. The van der Waals surface area contributed by atoms with E-state index >= 15 is 0 Å². The number of fused-ring (bicyclic) bond motifs is 1. The molecule has 21 heavy (non-hydrogen) atoms. The first-order chi connectivity index (χ1) is 10.0. The van der Waals surface area contributed by atoms with E-state index in [2.05, 4.69) is 10.3 Å². The van der Waals surface area contributed by atoms with Crippen LogP contribution in [-0.2, 0) is 0 Å². The summed E-state index contributed by atoms with van der Waals surface area (Å²) in [4.78, 5) is 15.2. The molecular weight excluding hydrogens is 293 g/mol. The van der Waals surface area contributed by atoms with Crippen molar-refractivity contribution < 1.29 is 9.18 Å². The molecule has 0 aliphatic rings. The van der Waals surface area contributed by atoms with Crippen molar-refractivity contribution in [3.8, 4) is 0 Å². The van der Waals surface area contributed by atoms with E-state index in [-0.39, 0.29) is 10.7 Å². The van der Waals surface area contributed by atoms with Gasteiger partial charge >= 0.3 is 0 Å².